The first kappa shape index (κ1) is 12.3. The topological polar surface area (TPSA) is 52.5 Å². The van der Waals surface area contributed by atoms with Gasteiger partial charge in [0.1, 0.15) is 11.6 Å². The van der Waals surface area contributed by atoms with Crippen LogP contribution in [0.15, 0.2) is 6.20 Å². The Hall–Kier alpha value is -1.20. The van der Waals surface area contributed by atoms with E-state index in [2.05, 4.69) is 26.7 Å². The Labute approximate surface area is 102 Å². The van der Waals surface area contributed by atoms with Crippen molar-refractivity contribution in [2.24, 2.45) is 0 Å². The summed E-state index contributed by atoms with van der Waals surface area (Å²) in [6.45, 7) is 9.23. The van der Waals surface area contributed by atoms with Gasteiger partial charge in [0.05, 0.1) is 6.61 Å². The van der Waals surface area contributed by atoms with E-state index in [9.17, 15) is 5.11 Å². The van der Waals surface area contributed by atoms with E-state index in [1.54, 1.807) is 6.20 Å². The SMILES string of the molecule is CCN1CCN(c2nc(C)ncc2CO)CC1. The molecule has 0 spiro atoms. The Morgan fingerprint density at radius 3 is 2.59 bits per heavy atom. The lowest BCUT2D eigenvalue weighted by molar-refractivity contribution is 0.266. The van der Waals surface area contributed by atoms with E-state index in [-0.39, 0.29) is 6.61 Å². The van der Waals surface area contributed by atoms with Gasteiger partial charge >= 0.3 is 0 Å². The molecule has 5 heteroatoms. The minimum Gasteiger partial charge on any atom is -0.391 e. The van der Waals surface area contributed by atoms with E-state index in [1.807, 2.05) is 6.92 Å². The van der Waals surface area contributed by atoms with Crippen LogP contribution in [0.25, 0.3) is 0 Å². The highest BCUT2D eigenvalue weighted by Gasteiger charge is 2.19. The third-order valence-electron chi connectivity index (χ3n) is 3.25. The summed E-state index contributed by atoms with van der Waals surface area (Å²) in [5.41, 5.74) is 0.820. The first-order valence-electron chi connectivity index (χ1n) is 6.15. The Morgan fingerprint density at radius 1 is 1.29 bits per heavy atom. The number of anilines is 1. The van der Waals surface area contributed by atoms with Crippen LogP contribution in [-0.2, 0) is 6.61 Å². The van der Waals surface area contributed by atoms with Crippen LogP contribution in [0.5, 0.6) is 0 Å². The van der Waals surface area contributed by atoms with Gasteiger partial charge in [0, 0.05) is 37.9 Å². The second-order valence-electron chi connectivity index (χ2n) is 4.35. The standard InChI is InChI=1S/C12H20N4O/c1-3-15-4-6-16(7-5-15)12-11(9-17)8-13-10(2)14-12/h8,17H,3-7,9H2,1-2H3. The first-order chi connectivity index (χ1) is 8.24. The van der Waals surface area contributed by atoms with E-state index >= 15 is 0 Å². The van der Waals surface area contributed by atoms with Gasteiger partial charge < -0.3 is 14.9 Å². The molecule has 1 aliphatic heterocycles. The van der Waals surface area contributed by atoms with Crippen molar-refractivity contribution in [3.8, 4) is 0 Å². The highest BCUT2D eigenvalue weighted by Crippen LogP contribution is 2.18. The lowest BCUT2D eigenvalue weighted by Gasteiger charge is -2.35. The molecule has 0 aromatic carbocycles. The quantitative estimate of drug-likeness (QED) is 0.824. The summed E-state index contributed by atoms with van der Waals surface area (Å²) >= 11 is 0. The van der Waals surface area contributed by atoms with Gasteiger partial charge in [-0.15, -0.1) is 0 Å². The first-order valence-corrected chi connectivity index (χ1v) is 6.15. The second-order valence-corrected chi connectivity index (χ2v) is 4.35. The summed E-state index contributed by atoms with van der Waals surface area (Å²) in [5, 5.41) is 9.32. The minimum absolute atomic E-state index is 0.00358. The Morgan fingerprint density at radius 2 is 2.00 bits per heavy atom. The summed E-state index contributed by atoms with van der Waals surface area (Å²) in [5.74, 6) is 1.66. The maximum Gasteiger partial charge on any atom is 0.137 e. The molecule has 1 N–H and O–H groups in total. The van der Waals surface area contributed by atoms with Crippen LogP contribution in [0.1, 0.15) is 18.3 Å². The van der Waals surface area contributed by atoms with Crippen LogP contribution in [0.4, 0.5) is 5.82 Å². The maximum absolute atomic E-state index is 9.32. The van der Waals surface area contributed by atoms with Crippen molar-refractivity contribution in [3.63, 3.8) is 0 Å². The van der Waals surface area contributed by atoms with Crippen LogP contribution in [0.2, 0.25) is 0 Å². The van der Waals surface area contributed by atoms with Crippen molar-refractivity contribution in [2.45, 2.75) is 20.5 Å². The van der Waals surface area contributed by atoms with E-state index in [0.29, 0.717) is 0 Å². The summed E-state index contributed by atoms with van der Waals surface area (Å²) < 4.78 is 0. The number of likely N-dealkylation sites (N-methyl/N-ethyl adjacent to an activating group) is 1. The Kier molecular flexibility index (Phi) is 3.91. The van der Waals surface area contributed by atoms with E-state index in [0.717, 1.165) is 49.9 Å². The third kappa shape index (κ3) is 2.73. The number of aliphatic hydroxyl groups excluding tert-OH is 1. The number of rotatable bonds is 3. The molecule has 0 saturated carbocycles. The van der Waals surface area contributed by atoms with Gasteiger partial charge in [-0.2, -0.15) is 0 Å². The molecule has 2 heterocycles. The zero-order chi connectivity index (χ0) is 12.3. The zero-order valence-electron chi connectivity index (χ0n) is 10.6. The molecule has 0 bridgehead atoms. The molecule has 5 nitrogen and oxygen atoms in total. The number of aliphatic hydroxyl groups is 1. The molecule has 0 unspecified atom stereocenters. The molecule has 0 aliphatic carbocycles. The second kappa shape index (κ2) is 5.42. The molecular formula is C12H20N4O. The van der Waals surface area contributed by atoms with Gasteiger partial charge in [0.25, 0.3) is 0 Å². The smallest absolute Gasteiger partial charge is 0.137 e. The largest absolute Gasteiger partial charge is 0.391 e. The summed E-state index contributed by atoms with van der Waals surface area (Å²) in [6, 6.07) is 0. The number of aryl methyl sites for hydroxylation is 1. The molecule has 1 saturated heterocycles. The van der Waals surface area contributed by atoms with Gasteiger partial charge in [0.15, 0.2) is 0 Å². The molecule has 0 atom stereocenters. The van der Waals surface area contributed by atoms with Crippen LogP contribution in [0.3, 0.4) is 0 Å². The van der Waals surface area contributed by atoms with Gasteiger partial charge in [-0.3, -0.25) is 0 Å². The molecule has 0 amide bonds. The summed E-state index contributed by atoms with van der Waals surface area (Å²) in [6.07, 6.45) is 1.73. The third-order valence-corrected chi connectivity index (χ3v) is 3.25. The molecule has 0 radical (unpaired) electrons. The normalized spacial score (nSPS) is 17.5. The average molecular weight is 236 g/mol. The van der Waals surface area contributed by atoms with Crippen molar-refractivity contribution in [1.29, 1.82) is 0 Å². The lowest BCUT2D eigenvalue weighted by atomic mass is 10.2. The molecule has 2 rings (SSSR count). The fraction of sp³-hybridized carbons (Fsp3) is 0.667. The molecule has 1 aromatic rings. The molecule has 1 aromatic heterocycles. The van der Waals surface area contributed by atoms with E-state index in [1.165, 1.54) is 0 Å². The molecular weight excluding hydrogens is 216 g/mol. The van der Waals surface area contributed by atoms with Crippen LogP contribution in [-0.4, -0.2) is 52.7 Å². The molecule has 1 aliphatic rings. The highest BCUT2D eigenvalue weighted by atomic mass is 16.3. The van der Waals surface area contributed by atoms with E-state index in [4.69, 9.17) is 0 Å². The monoisotopic (exact) mass is 236 g/mol. The van der Waals surface area contributed by atoms with Gasteiger partial charge in [-0.1, -0.05) is 6.92 Å². The summed E-state index contributed by atoms with van der Waals surface area (Å²) in [4.78, 5) is 13.2. The van der Waals surface area contributed by atoms with Crippen molar-refractivity contribution < 1.29 is 5.11 Å². The fourth-order valence-corrected chi connectivity index (χ4v) is 2.14. The molecule has 17 heavy (non-hydrogen) atoms. The van der Waals surface area contributed by atoms with Crippen LogP contribution >= 0.6 is 0 Å². The highest BCUT2D eigenvalue weighted by molar-refractivity contribution is 5.46. The Balaban J connectivity index is 2.14. The number of aromatic nitrogens is 2. The maximum atomic E-state index is 9.32. The van der Waals surface area contributed by atoms with Crippen LogP contribution < -0.4 is 4.90 Å². The Bertz CT molecular complexity index is 375. The predicted octanol–water partition coefficient (Wildman–Crippen LogP) is 0.419. The van der Waals surface area contributed by atoms with Crippen molar-refractivity contribution >= 4 is 5.82 Å². The molecule has 1 fully saturated rings. The zero-order valence-corrected chi connectivity index (χ0v) is 10.6. The average Bonchev–Trinajstić information content (AvgIpc) is 2.39. The van der Waals surface area contributed by atoms with Gasteiger partial charge in [-0.05, 0) is 13.5 Å². The van der Waals surface area contributed by atoms with Crippen molar-refractivity contribution in [1.82, 2.24) is 14.9 Å². The van der Waals surface area contributed by atoms with E-state index < -0.39 is 0 Å². The number of piperazine rings is 1. The lowest BCUT2D eigenvalue weighted by Crippen LogP contribution is -2.46. The van der Waals surface area contributed by atoms with Crippen LogP contribution in [0, 0.1) is 6.92 Å². The fourth-order valence-electron chi connectivity index (χ4n) is 2.14. The van der Waals surface area contributed by atoms with Crippen molar-refractivity contribution in [3.05, 3.63) is 17.6 Å². The number of hydrogen-bond donors (Lipinski definition) is 1. The molecule has 94 valence electrons. The predicted molar refractivity (Wildman–Crippen MR) is 67.0 cm³/mol. The minimum atomic E-state index is 0.00358. The number of hydrogen-bond acceptors (Lipinski definition) is 5. The van der Waals surface area contributed by atoms with Gasteiger partial charge in [0.2, 0.25) is 0 Å². The van der Waals surface area contributed by atoms with Gasteiger partial charge in [-0.25, -0.2) is 9.97 Å². The van der Waals surface area contributed by atoms with Crippen molar-refractivity contribution in [2.75, 3.05) is 37.6 Å². The summed E-state index contributed by atoms with van der Waals surface area (Å²) in [7, 11) is 0. The number of nitrogens with zero attached hydrogens (tertiary/aromatic N) is 4.